The van der Waals surface area contributed by atoms with Crippen molar-refractivity contribution in [3.63, 3.8) is 0 Å². The van der Waals surface area contributed by atoms with Gasteiger partial charge >= 0.3 is 0 Å². The molecule has 1 fully saturated rings. The van der Waals surface area contributed by atoms with Gasteiger partial charge in [0.15, 0.2) is 0 Å². The lowest BCUT2D eigenvalue weighted by Gasteiger charge is -2.31. The zero-order chi connectivity index (χ0) is 16.9. The molecule has 0 atom stereocenters. The highest BCUT2D eigenvalue weighted by Crippen LogP contribution is 2.20. The number of rotatable bonds is 6. The molecule has 1 aromatic heterocycles. The van der Waals surface area contributed by atoms with E-state index in [4.69, 9.17) is 0 Å². The van der Waals surface area contributed by atoms with Crippen LogP contribution in [0.15, 0.2) is 24.4 Å². The van der Waals surface area contributed by atoms with Gasteiger partial charge in [-0.1, -0.05) is 13.3 Å². The number of carbonyl (C=O) groups is 1. The molecule has 2 N–H and O–H groups in total. The number of H-pyrrole nitrogens is 1. The smallest absolute Gasteiger partial charge is 0.253 e. The van der Waals surface area contributed by atoms with E-state index in [0.29, 0.717) is 23.4 Å². The van der Waals surface area contributed by atoms with E-state index >= 15 is 0 Å². The summed E-state index contributed by atoms with van der Waals surface area (Å²) in [6, 6.07) is 4.47. The van der Waals surface area contributed by atoms with E-state index in [2.05, 4.69) is 22.1 Å². The first kappa shape index (κ1) is 17.0. The maximum atomic E-state index is 13.4. The Labute approximate surface area is 142 Å². The Morgan fingerprint density at radius 1 is 1.38 bits per heavy atom. The van der Waals surface area contributed by atoms with Gasteiger partial charge < -0.3 is 15.2 Å². The number of nitrogens with one attached hydrogen (secondary N) is 2. The molecule has 2 heterocycles. The lowest BCUT2D eigenvalue weighted by molar-refractivity contribution is 0.0937. The van der Waals surface area contributed by atoms with Crippen LogP contribution < -0.4 is 5.32 Å². The predicted octanol–water partition coefficient (Wildman–Crippen LogP) is 3.55. The van der Waals surface area contributed by atoms with Crippen LogP contribution in [0.1, 0.15) is 43.0 Å². The molecule has 3 rings (SSSR count). The average Bonchev–Trinajstić information content (AvgIpc) is 3.02. The number of likely N-dealkylation sites (tertiary alicyclic amines) is 1. The van der Waals surface area contributed by atoms with E-state index in [-0.39, 0.29) is 11.7 Å². The van der Waals surface area contributed by atoms with Gasteiger partial charge in [-0.15, -0.1) is 0 Å². The van der Waals surface area contributed by atoms with Crippen molar-refractivity contribution in [1.29, 1.82) is 0 Å². The summed E-state index contributed by atoms with van der Waals surface area (Å²) >= 11 is 0. The van der Waals surface area contributed by atoms with Crippen molar-refractivity contribution in [2.75, 3.05) is 26.2 Å². The van der Waals surface area contributed by atoms with Gasteiger partial charge in [0.2, 0.25) is 0 Å². The Bertz CT molecular complexity index is 689. The number of piperidine rings is 1. The number of halogens is 1. The highest BCUT2D eigenvalue weighted by atomic mass is 19.1. The molecule has 0 saturated carbocycles. The first-order chi connectivity index (χ1) is 11.7. The van der Waals surface area contributed by atoms with E-state index in [1.807, 2.05) is 0 Å². The van der Waals surface area contributed by atoms with Crippen LogP contribution in [0.2, 0.25) is 0 Å². The van der Waals surface area contributed by atoms with Gasteiger partial charge in [0.1, 0.15) is 5.82 Å². The lowest BCUT2D eigenvalue weighted by Crippen LogP contribution is -2.39. The van der Waals surface area contributed by atoms with Crippen molar-refractivity contribution in [1.82, 2.24) is 15.2 Å². The highest BCUT2D eigenvalue weighted by molar-refractivity contribution is 6.06. The van der Waals surface area contributed by atoms with Crippen molar-refractivity contribution in [2.45, 2.75) is 32.6 Å². The Hall–Kier alpha value is -1.88. The van der Waals surface area contributed by atoms with Crippen molar-refractivity contribution < 1.29 is 9.18 Å². The standard InChI is InChI=1S/C19H26FN3O/c1-2-3-8-23-9-6-14(7-10-23)12-22-19(24)17-13-21-18-5-4-15(20)11-16(17)18/h4-5,11,13-14,21H,2-3,6-10,12H2,1H3,(H,22,24). The van der Waals surface area contributed by atoms with Crippen molar-refractivity contribution in [3.8, 4) is 0 Å². The van der Waals surface area contributed by atoms with E-state index in [0.717, 1.165) is 31.4 Å². The number of fused-ring (bicyclic) bond motifs is 1. The van der Waals surface area contributed by atoms with Crippen molar-refractivity contribution in [3.05, 3.63) is 35.8 Å². The molecule has 5 heteroatoms. The number of nitrogens with zero attached hydrogens (tertiary/aromatic N) is 1. The summed E-state index contributed by atoms with van der Waals surface area (Å²) in [6.07, 6.45) is 6.42. The van der Waals surface area contributed by atoms with Gasteiger partial charge in [-0.2, -0.15) is 0 Å². The van der Waals surface area contributed by atoms with Crippen LogP contribution in [0, 0.1) is 11.7 Å². The summed E-state index contributed by atoms with van der Waals surface area (Å²) < 4.78 is 13.4. The summed E-state index contributed by atoms with van der Waals surface area (Å²) in [4.78, 5) is 18.0. The zero-order valence-electron chi connectivity index (χ0n) is 14.3. The number of unbranched alkanes of at least 4 members (excludes halogenated alkanes) is 1. The maximum absolute atomic E-state index is 13.4. The van der Waals surface area contributed by atoms with Crippen LogP contribution in [0.3, 0.4) is 0 Å². The Kier molecular flexibility index (Phi) is 5.51. The molecule has 0 unspecified atom stereocenters. The summed E-state index contributed by atoms with van der Waals surface area (Å²) in [7, 11) is 0. The number of benzene rings is 1. The molecule has 2 aromatic rings. The number of hydrogen-bond acceptors (Lipinski definition) is 2. The Morgan fingerprint density at radius 3 is 2.92 bits per heavy atom. The third kappa shape index (κ3) is 3.96. The number of aromatic nitrogens is 1. The number of carbonyl (C=O) groups excluding carboxylic acids is 1. The maximum Gasteiger partial charge on any atom is 0.253 e. The first-order valence-corrected chi connectivity index (χ1v) is 8.94. The van der Waals surface area contributed by atoms with Gasteiger partial charge in [-0.05, 0) is 63.0 Å². The minimum absolute atomic E-state index is 0.125. The molecule has 4 nitrogen and oxygen atoms in total. The molecule has 24 heavy (non-hydrogen) atoms. The van der Waals surface area contributed by atoms with Crippen molar-refractivity contribution >= 4 is 16.8 Å². The Balaban J connectivity index is 1.52. The third-order valence-electron chi connectivity index (χ3n) is 4.97. The fraction of sp³-hybridized carbons (Fsp3) is 0.526. The molecule has 0 aliphatic carbocycles. The van der Waals surface area contributed by atoms with Crippen LogP contribution in [-0.2, 0) is 0 Å². The van der Waals surface area contributed by atoms with E-state index in [1.54, 1.807) is 12.3 Å². The quantitative estimate of drug-likeness (QED) is 0.850. The average molecular weight is 331 g/mol. The van der Waals surface area contributed by atoms with Crippen LogP contribution in [0.25, 0.3) is 10.9 Å². The van der Waals surface area contributed by atoms with Gasteiger partial charge in [0, 0.05) is 23.6 Å². The largest absolute Gasteiger partial charge is 0.360 e. The normalized spacial score (nSPS) is 16.6. The minimum atomic E-state index is -0.324. The van der Waals surface area contributed by atoms with Gasteiger partial charge in [-0.25, -0.2) is 4.39 Å². The number of aromatic amines is 1. The lowest BCUT2D eigenvalue weighted by atomic mass is 9.96. The molecule has 1 aliphatic heterocycles. The topological polar surface area (TPSA) is 48.1 Å². The number of amides is 1. The molecule has 130 valence electrons. The van der Waals surface area contributed by atoms with Crippen LogP contribution in [-0.4, -0.2) is 42.0 Å². The molecular formula is C19H26FN3O. The highest BCUT2D eigenvalue weighted by Gasteiger charge is 2.20. The summed E-state index contributed by atoms with van der Waals surface area (Å²) in [6.45, 7) is 6.36. The molecular weight excluding hydrogens is 305 g/mol. The molecule has 1 aliphatic rings. The van der Waals surface area contributed by atoms with E-state index in [1.165, 1.54) is 31.5 Å². The van der Waals surface area contributed by atoms with Crippen LogP contribution in [0.4, 0.5) is 4.39 Å². The fourth-order valence-electron chi connectivity index (χ4n) is 3.41. The van der Waals surface area contributed by atoms with Crippen LogP contribution in [0.5, 0.6) is 0 Å². The molecule has 1 aromatic carbocycles. The SMILES string of the molecule is CCCCN1CCC(CNC(=O)c2c[nH]c3ccc(F)cc23)CC1. The van der Waals surface area contributed by atoms with E-state index in [9.17, 15) is 9.18 Å². The fourth-order valence-corrected chi connectivity index (χ4v) is 3.41. The summed E-state index contributed by atoms with van der Waals surface area (Å²) in [5, 5.41) is 3.67. The van der Waals surface area contributed by atoms with Gasteiger partial charge in [0.25, 0.3) is 5.91 Å². The van der Waals surface area contributed by atoms with Gasteiger partial charge in [0.05, 0.1) is 5.56 Å². The second kappa shape index (κ2) is 7.79. The number of hydrogen-bond donors (Lipinski definition) is 2. The minimum Gasteiger partial charge on any atom is -0.360 e. The third-order valence-corrected chi connectivity index (χ3v) is 4.97. The molecule has 0 bridgehead atoms. The Morgan fingerprint density at radius 2 is 2.17 bits per heavy atom. The van der Waals surface area contributed by atoms with E-state index < -0.39 is 0 Å². The van der Waals surface area contributed by atoms with Gasteiger partial charge in [-0.3, -0.25) is 4.79 Å². The second-order valence-electron chi connectivity index (χ2n) is 6.74. The second-order valence-corrected chi connectivity index (χ2v) is 6.74. The first-order valence-electron chi connectivity index (χ1n) is 8.94. The molecule has 1 amide bonds. The zero-order valence-corrected chi connectivity index (χ0v) is 14.3. The summed E-state index contributed by atoms with van der Waals surface area (Å²) in [5.41, 5.74) is 1.30. The predicted molar refractivity (Wildman–Crippen MR) is 94.7 cm³/mol. The molecule has 1 saturated heterocycles. The molecule has 0 spiro atoms. The van der Waals surface area contributed by atoms with Crippen LogP contribution >= 0.6 is 0 Å². The monoisotopic (exact) mass is 331 g/mol. The van der Waals surface area contributed by atoms with Crippen molar-refractivity contribution in [2.24, 2.45) is 5.92 Å². The summed E-state index contributed by atoms with van der Waals surface area (Å²) in [5.74, 6) is 0.0876. The molecule has 0 radical (unpaired) electrons.